The summed E-state index contributed by atoms with van der Waals surface area (Å²) in [7, 11) is 6.51. The molecule has 0 aliphatic carbocycles. The van der Waals surface area contributed by atoms with E-state index in [0.717, 1.165) is 95.8 Å². The Morgan fingerprint density at radius 3 is 1.95 bits per heavy atom. The van der Waals surface area contributed by atoms with Crippen LogP contribution in [0.5, 0.6) is 23.0 Å². The number of likely N-dealkylation sites (tertiary alicyclic amines) is 1. The number of methoxy groups -OCH3 is 4. The summed E-state index contributed by atoms with van der Waals surface area (Å²) in [6, 6.07) is 21.7. The molecule has 1 aliphatic heterocycles. The number of alkyl halides is 3. The molecule has 0 spiro atoms. The van der Waals surface area contributed by atoms with E-state index in [4.69, 9.17) is 23.9 Å². The first-order valence-electron chi connectivity index (χ1n) is 21.1. The van der Waals surface area contributed by atoms with Crippen LogP contribution in [-0.4, -0.2) is 62.4 Å². The summed E-state index contributed by atoms with van der Waals surface area (Å²) >= 11 is 0. The average molecular weight is 829 g/mol. The van der Waals surface area contributed by atoms with E-state index in [1.54, 1.807) is 46.8 Å². The molecule has 1 aliphatic rings. The Labute approximate surface area is 355 Å². The van der Waals surface area contributed by atoms with Crippen LogP contribution in [0.25, 0.3) is 22.4 Å². The molecule has 5 aromatic rings. The molecule has 11 heteroatoms. The normalized spacial score (nSPS) is 13.0. The molecule has 8 nitrogen and oxygen atoms in total. The second kappa shape index (κ2) is 23.5. The fourth-order valence-corrected chi connectivity index (χ4v) is 7.24. The first-order chi connectivity index (χ1) is 29.0. The van der Waals surface area contributed by atoms with E-state index in [2.05, 4.69) is 53.8 Å². The number of nitrogens with zero attached hydrogens (tertiary/aromatic N) is 4. The molecule has 0 N–H and O–H groups in total. The molecule has 0 bridgehead atoms. The standard InChI is InChI=1S/C43H47F3N4O4.C4H10.C2H6/c1-6-7-32-22-33(24-41(53-4)42(32)54-5)38-21-29(14-17-48-38)28-50(36-11-9-35(10-12-36)43(44,45)46)37-15-18-49(19-16-37)27-30-20-34(26-47-25-30)31-8-13-39(51-2)40(23-31)52-3;1-3-4-2;1-2/h8-14,17,20-26,37H,6-7,15-16,18-19,27-28H2,1-5H3;3-4H2,1-2H3;1-2H3. The van der Waals surface area contributed by atoms with Gasteiger partial charge >= 0.3 is 6.18 Å². The Kier molecular flexibility index (Phi) is 18.5. The van der Waals surface area contributed by atoms with Gasteiger partial charge in [-0.05, 0) is 108 Å². The predicted octanol–water partition coefficient (Wildman–Crippen LogP) is 12.3. The van der Waals surface area contributed by atoms with Gasteiger partial charge in [0, 0.05) is 67.6 Å². The maximum atomic E-state index is 13.6. The number of piperidine rings is 1. The number of pyridine rings is 2. The number of halogens is 3. The minimum Gasteiger partial charge on any atom is -0.493 e. The lowest BCUT2D eigenvalue weighted by Gasteiger charge is -2.40. The van der Waals surface area contributed by atoms with E-state index in [0.29, 0.717) is 23.8 Å². The summed E-state index contributed by atoms with van der Waals surface area (Å²) in [6.07, 6.45) is 7.23. The Hall–Kier alpha value is -5.29. The Morgan fingerprint density at radius 1 is 0.683 bits per heavy atom. The number of hydrogen-bond donors (Lipinski definition) is 0. The van der Waals surface area contributed by atoms with Crippen LogP contribution in [0.1, 0.15) is 89.0 Å². The van der Waals surface area contributed by atoms with Gasteiger partial charge in [0.15, 0.2) is 23.0 Å². The summed E-state index contributed by atoms with van der Waals surface area (Å²) < 4.78 is 62.9. The number of ether oxygens (including phenoxy) is 4. The molecule has 3 heterocycles. The fourth-order valence-electron chi connectivity index (χ4n) is 7.24. The number of unbranched alkanes of at least 4 members (excludes halogenated alkanes) is 1. The lowest BCUT2D eigenvalue weighted by atomic mass is 9.99. The highest BCUT2D eigenvalue weighted by molar-refractivity contribution is 5.68. The van der Waals surface area contributed by atoms with Gasteiger partial charge in [0.05, 0.1) is 39.7 Å². The van der Waals surface area contributed by atoms with Crippen molar-refractivity contribution >= 4 is 5.69 Å². The molecule has 3 aromatic carbocycles. The molecule has 0 amide bonds. The molecule has 0 radical (unpaired) electrons. The van der Waals surface area contributed by atoms with E-state index in [-0.39, 0.29) is 6.04 Å². The van der Waals surface area contributed by atoms with Gasteiger partial charge in [-0.15, -0.1) is 0 Å². The Balaban J connectivity index is 0.00000125. The van der Waals surface area contributed by atoms with E-state index in [1.807, 2.05) is 56.6 Å². The first-order valence-corrected chi connectivity index (χ1v) is 21.1. The maximum absolute atomic E-state index is 13.6. The van der Waals surface area contributed by atoms with Gasteiger partial charge in [0.1, 0.15) is 0 Å². The van der Waals surface area contributed by atoms with Crippen LogP contribution in [-0.2, 0) is 25.7 Å². The average Bonchev–Trinajstić information content (AvgIpc) is 3.28. The van der Waals surface area contributed by atoms with E-state index in [1.165, 1.54) is 25.0 Å². The van der Waals surface area contributed by atoms with Crippen molar-refractivity contribution in [1.29, 1.82) is 0 Å². The lowest BCUT2D eigenvalue weighted by molar-refractivity contribution is -0.137. The second-order valence-electron chi connectivity index (χ2n) is 14.5. The van der Waals surface area contributed by atoms with Gasteiger partial charge in [-0.2, -0.15) is 13.2 Å². The molecule has 0 saturated carbocycles. The summed E-state index contributed by atoms with van der Waals surface area (Å²) in [5.74, 6) is 2.69. The quantitative estimate of drug-likeness (QED) is 0.103. The molecule has 0 unspecified atom stereocenters. The van der Waals surface area contributed by atoms with Crippen LogP contribution in [0, 0.1) is 0 Å². The largest absolute Gasteiger partial charge is 0.493 e. The van der Waals surface area contributed by atoms with Gasteiger partial charge in [0.2, 0.25) is 0 Å². The Morgan fingerprint density at radius 2 is 1.35 bits per heavy atom. The number of aryl methyl sites for hydroxylation is 1. The number of anilines is 1. The smallest absolute Gasteiger partial charge is 0.416 e. The minimum atomic E-state index is -4.41. The highest BCUT2D eigenvalue weighted by Crippen LogP contribution is 2.38. The van der Waals surface area contributed by atoms with Crippen LogP contribution in [0.2, 0.25) is 0 Å². The van der Waals surface area contributed by atoms with Gasteiger partial charge in [-0.3, -0.25) is 14.9 Å². The minimum absolute atomic E-state index is 0.114. The highest BCUT2D eigenvalue weighted by atomic mass is 19.4. The zero-order valence-electron chi connectivity index (χ0n) is 36.9. The zero-order chi connectivity index (χ0) is 43.7. The number of aromatic nitrogens is 2. The van der Waals surface area contributed by atoms with Crippen molar-refractivity contribution in [2.45, 2.75) is 98.5 Å². The van der Waals surface area contributed by atoms with Gasteiger partial charge in [-0.25, -0.2) is 0 Å². The van der Waals surface area contributed by atoms with Gasteiger partial charge in [-0.1, -0.05) is 59.9 Å². The first kappa shape index (κ1) is 47.4. The molecular weight excluding hydrogens is 766 g/mol. The van der Waals surface area contributed by atoms with Crippen LogP contribution in [0.4, 0.5) is 18.9 Å². The molecule has 60 heavy (non-hydrogen) atoms. The summed E-state index contributed by atoms with van der Waals surface area (Å²) in [5.41, 5.74) is 6.92. The van der Waals surface area contributed by atoms with Crippen LogP contribution in [0.3, 0.4) is 0 Å². The zero-order valence-corrected chi connectivity index (χ0v) is 36.9. The number of hydrogen-bond acceptors (Lipinski definition) is 8. The Bertz CT molecular complexity index is 2050. The van der Waals surface area contributed by atoms with E-state index in [9.17, 15) is 13.2 Å². The summed E-state index contributed by atoms with van der Waals surface area (Å²) in [6.45, 7) is 13.4. The van der Waals surface area contributed by atoms with E-state index >= 15 is 0 Å². The predicted molar refractivity (Wildman–Crippen MR) is 237 cm³/mol. The lowest BCUT2D eigenvalue weighted by Crippen LogP contribution is -2.44. The molecule has 324 valence electrons. The van der Waals surface area contributed by atoms with Crippen LogP contribution < -0.4 is 23.8 Å². The maximum Gasteiger partial charge on any atom is 0.416 e. The summed E-state index contributed by atoms with van der Waals surface area (Å²) in [5, 5.41) is 0. The van der Waals surface area contributed by atoms with Crippen molar-refractivity contribution < 1.29 is 32.1 Å². The van der Waals surface area contributed by atoms with Crippen molar-refractivity contribution in [2.75, 3.05) is 46.4 Å². The monoisotopic (exact) mass is 828 g/mol. The fraction of sp³-hybridized carbons (Fsp3) is 0.429. The third kappa shape index (κ3) is 12.6. The second-order valence-corrected chi connectivity index (χ2v) is 14.5. The molecule has 6 rings (SSSR count). The molecule has 2 aromatic heterocycles. The third-order valence-electron chi connectivity index (χ3n) is 10.5. The SMILES string of the molecule is CC.CCCC.CCCc1cc(-c2cc(CN(c3ccc(C(F)(F)F)cc3)C3CCN(Cc4cncc(-c5ccc(OC)c(OC)c5)c4)CC3)ccn2)cc(OC)c1OC. The van der Waals surface area contributed by atoms with Crippen LogP contribution >= 0.6 is 0 Å². The van der Waals surface area contributed by atoms with Gasteiger partial charge in [0.25, 0.3) is 0 Å². The number of rotatable bonds is 15. The van der Waals surface area contributed by atoms with E-state index < -0.39 is 11.7 Å². The molecule has 0 atom stereocenters. The van der Waals surface area contributed by atoms with Crippen molar-refractivity contribution in [3.05, 3.63) is 114 Å². The van der Waals surface area contributed by atoms with Gasteiger partial charge < -0.3 is 23.8 Å². The molecule has 1 fully saturated rings. The van der Waals surface area contributed by atoms with Crippen molar-refractivity contribution in [3.63, 3.8) is 0 Å². The van der Waals surface area contributed by atoms with Crippen molar-refractivity contribution in [2.24, 2.45) is 0 Å². The van der Waals surface area contributed by atoms with Crippen LogP contribution in [0.15, 0.2) is 91.4 Å². The topological polar surface area (TPSA) is 69.2 Å². The molecular formula is C49H63F3N4O4. The molecule has 1 saturated heterocycles. The van der Waals surface area contributed by atoms with Crippen molar-refractivity contribution in [3.8, 4) is 45.4 Å². The summed E-state index contributed by atoms with van der Waals surface area (Å²) in [4.78, 5) is 13.9. The highest BCUT2D eigenvalue weighted by Gasteiger charge is 2.31. The number of benzene rings is 3. The third-order valence-corrected chi connectivity index (χ3v) is 10.5. The van der Waals surface area contributed by atoms with Crippen molar-refractivity contribution in [1.82, 2.24) is 14.9 Å².